The first-order valence-electron chi connectivity index (χ1n) is 16.9. The largest absolute Gasteiger partial charge is 0.339 e. The second-order valence-electron chi connectivity index (χ2n) is 12.7. The number of hydrogen-bond acceptors (Lipinski definition) is 15. The first-order valence-corrected chi connectivity index (χ1v) is 20.6. The van der Waals surface area contributed by atoms with E-state index in [0.717, 1.165) is 22.5 Å². The molecule has 20 heteroatoms. The van der Waals surface area contributed by atoms with Crippen molar-refractivity contribution in [2.24, 2.45) is 20.5 Å². The molecule has 5 N–H and O–H groups in total. The summed E-state index contributed by atoms with van der Waals surface area (Å²) in [4.78, 5) is 20.2. The summed E-state index contributed by atoms with van der Waals surface area (Å²) in [6, 6.07) is 25.1. The van der Waals surface area contributed by atoms with Crippen LogP contribution in [0.2, 0.25) is 0 Å². The second-order valence-corrected chi connectivity index (χ2v) is 16.5. The van der Waals surface area contributed by atoms with Gasteiger partial charge in [-0.15, -0.1) is 20.5 Å². The van der Waals surface area contributed by atoms with Crippen molar-refractivity contribution in [3.63, 3.8) is 0 Å². The van der Waals surface area contributed by atoms with Crippen molar-refractivity contribution < 1.29 is 30.7 Å². The fourth-order valence-electron chi connectivity index (χ4n) is 5.54. The van der Waals surface area contributed by atoms with E-state index in [2.05, 4.69) is 47.5 Å². The summed E-state index contributed by atoms with van der Waals surface area (Å²) < 4.78 is 65.3. The summed E-state index contributed by atoms with van der Waals surface area (Å²) in [5.41, 5.74) is 5.47. The van der Waals surface area contributed by atoms with Gasteiger partial charge in [0.25, 0.3) is 20.2 Å². The van der Waals surface area contributed by atoms with E-state index in [4.69, 9.17) is 4.98 Å². The Morgan fingerprint density at radius 2 is 1.24 bits per heavy atom. The number of hydrogen-bond donors (Lipinski definition) is 5. The van der Waals surface area contributed by atoms with Gasteiger partial charge < -0.3 is 16.0 Å². The maximum absolute atomic E-state index is 11.7. The van der Waals surface area contributed by atoms with Gasteiger partial charge in [-0.25, -0.2) is 9.97 Å². The van der Waals surface area contributed by atoms with Crippen LogP contribution < -0.4 is 16.0 Å². The van der Waals surface area contributed by atoms with Gasteiger partial charge in [0.1, 0.15) is 17.5 Å². The summed E-state index contributed by atoms with van der Waals surface area (Å²) in [6.45, 7) is 6.93. The molecule has 4 aromatic carbocycles. The lowest BCUT2D eigenvalue weighted by Gasteiger charge is -2.16. The molecule has 6 aromatic rings. The minimum absolute atomic E-state index is 0.0453. The number of carbonyl (C=O) groups excluding carboxylic acids is 1. The van der Waals surface area contributed by atoms with Crippen molar-refractivity contribution in [1.29, 1.82) is 5.26 Å². The van der Waals surface area contributed by atoms with Crippen LogP contribution in [0.4, 0.5) is 50.2 Å². The van der Waals surface area contributed by atoms with Gasteiger partial charge in [0.15, 0.2) is 16.6 Å². The summed E-state index contributed by atoms with van der Waals surface area (Å²) in [7, 11) is -8.93. The van der Waals surface area contributed by atoms with E-state index in [1.807, 2.05) is 32.0 Å². The molecule has 294 valence electrons. The molecule has 0 fully saturated rings. The normalized spacial score (nSPS) is 11.8. The standard InChI is InChI=1S/C38H32N10O7S3/c1-21-17-22(2)19-29(18-21)45-47-37-34(25-5-7-26(8-6-25)40-24(4)49)43-38(56-37)48-46-33-23(3)32(20-39)35(41-27-9-13-30(14-10-27)57(50,51)52)44-36(33)42-28-11-15-31(16-12-28)58(53,54)55/h5-19H,1-4H3,(H,40,49)(H2,41,42,44)(H,50,51,52)(H,53,54,55). The summed E-state index contributed by atoms with van der Waals surface area (Å²) in [6.07, 6.45) is 0. The molecule has 0 saturated carbocycles. The average molecular weight is 837 g/mol. The van der Waals surface area contributed by atoms with E-state index >= 15 is 0 Å². The fraction of sp³-hybridized carbons (Fsp3) is 0.105. The highest BCUT2D eigenvalue weighted by Crippen LogP contribution is 2.43. The van der Waals surface area contributed by atoms with Gasteiger partial charge in [0.2, 0.25) is 11.0 Å². The quantitative estimate of drug-likeness (QED) is 0.0570. The predicted molar refractivity (Wildman–Crippen MR) is 219 cm³/mol. The Kier molecular flexibility index (Phi) is 11.8. The summed E-state index contributed by atoms with van der Waals surface area (Å²) in [5, 5.41) is 37.5. The molecular formula is C38H32N10O7S3. The van der Waals surface area contributed by atoms with Crippen molar-refractivity contribution in [2.45, 2.75) is 37.5 Å². The number of benzene rings is 4. The van der Waals surface area contributed by atoms with Gasteiger partial charge in [-0.05, 0) is 105 Å². The predicted octanol–water partition coefficient (Wildman–Crippen LogP) is 9.77. The van der Waals surface area contributed by atoms with Gasteiger partial charge in [-0.1, -0.05) is 29.5 Å². The van der Waals surface area contributed by atoms with E-state index in [-0.39, 0.29) is 43.7 Å². The zero-order valence-electron chi connectivity index (χ0n) is 31.0. The molecule has 0 unspecified atom stereocenters. The fourth-order valence-corrected chi connectivity index (χ4v) is 7.24. The molecular weight excluding hydrogens is 805 g/mol. The van der Waals surface area contributed by atoms with Crippen LogP contribution in [0.25, 0.3) is 11.3 Å². The molecule has 17 nitrogen and oxygen atoms in total. The Labute approximate surface area is 336 Å². The van der Waals surface area contributed by atoms with Crippen molar-refractivity contribution in [1.82, 2.24) is 9.97 Å². The molecule has 0 saturated heterocycles. The van der Waals surface area contributed by atoms with E-state index in [1.54, 1.807) is 31.2 Å². The molecule has 0 spiro atoms. The van der Waals surface area contributed by atoms with Crippen LogP contribution in [0.15, 0.2) is 121 Å². The minimum Gasteiger partial charge on any atom is -0.339 e. The number of nitrogens with one attached hydrogen (secondary N) is 3. The molecule has 2 aromatic heterocycles. The lowest BCUT2D eigenvalue weighted by molar-refractivity contribution is -0.114. The van der Waals surface area contributed by atoms with E-state index in [1.165, 1.54) is 55.5 Å². The smallest absolute Gasteiger partial charge is 0.294 e. The molecule has 0 aliphatic heterocycles. The lowest BCUT2D eigenvalue weighted by Crippen LogP contribution is -2.05. The van der Waals surface area contributed by atoms with E-state index < -0.39 is 20.2 Å². The Morgan fingerprint density at radius 1 is 0.707 bits per heavy atom. The lowest BCUT2D eigenvalue weighted by atomic mass is 10.1. The first-order chi connectivity index (χ1) is 27.5. The van der Waals surface area contributed by atoms with Crippen LogP contribution in [-0.4, -0.2) is 41.8 Å². The third-order valence-corrected chi connectivity index (χ3v) is 10.7. The molecule has 0 aliphatic carbocycles. The zero-order chi connectivity index (χ0) is 41.8. The van der Waals surface area contributed by atoms with Crippen LogP contribution >= 0.6 is 11.3 Å². The number of carbonyl (C=O) groups is 1. The number of amides is 1. The second kappa shape index (κ2) is 16.8. The monoisotopic (exact) mass is 836 g/mol. The average Bonchev–Trinajstić information content (AvgIpc) is 3.56. The molecule has 1 amide bonds. The zero-order valence-corrected chi connectivity index (χ0v) is 33.4. The molecule has 58 heavy (non-hydrogen) atoms. The number of aromatic nitrogens is 2. The molecule has 0 atom stereocenters. The Hall–Kier alpha value is -6.76. The summed E-state index contributed by atoms with van der Waals surface area (Å²) >= 11 is 1.09. The number of thiazole rings is 1. The number of nitriles is 1. The number of rotatable bonds is 12. The van der Waals surface area contributed by atoms with Crippen LogP contribution in [0.3, 0.4) is 0 Å². The highest BCUT2D eigenvalue weighted by molar-refractivity contribution is 7.86. The van der Waals surface area contributed by atoms with Crippen molar-refractivity contribution >= 4 is 87.7 Å². The van der Waals surface area contributed by atoms with Crippen molar-refractivity contribution in [3.8, 4) is 17.3 Å². The topological polar surface area (TPSA) is 261 Å². The third kappa shape index (κ3) is 9.96. The van der Waals surface area contributed by atoms with E-state index in [0.29, 0.717) is 44.6 Å². The van der Waals surface area contributed by atoms with Crippen LogP contribution in [0, 0.1) is 32.1 Å². The highest BCUT2D eigenvalue weighted by atomic mass is 32.2. The molecule has 0 bridgehead atoms. The molecule has 2 heterocycles. The highest BCUT2D eigenvalue weighted by Gasteiger charge is 2.20. The molecule has 0 radical (unpaired) electrons. The van der Waals surface area contributed by atoms with E-state index in [9.17, 15) is 36.0 Å². The SMILES string of the molecule is CC(=O)Nc1ccc(-c2nc(N=Nc3c(Nc4ccc(S(=O)(=O)O)cc4)nc(Nc4ccc(S(=O)(=O)O)cc4)c(C#N)c3C)sc2N=Nc2cc(C)cc(C)c2)cc1. The number of aryl methyl sites for hydroxylation is 2. The number of anilines is 5. The summed E-state index contributed by atoms with van der Waals surface area (Å²) in [5.74, 6) is -0.112. The number of azo groups is 2. The molecule has 6 rings (SSSR count). The maximum Gasteiger partial charge on any atom is 0.294 e. The van der Waals surface area contributed by atoms with Crippen LogP contribution in [-0.2, 0) is 25.0 Å². The van der Waals surface area contributed by atoms with Gasteiger partial charge >= 0.3 is 0 Å². The maximum atomic E-state index is 11.7. The molecule has 0 aliphatic rings. The number of nitrogens with zero attached hydrogens (tertiary/aromatic N) is 7. The van der Waals surface area contributed by atoms with Crippen molar-refractivity contribution in [2.75, 3.05) is 16.0 Å². The third-order valence-electron chi connectivity index (χ3n) is 8.13. The Balaban J connectivity index is 1.44. The first kappa shape index (κ1) is 40.9. The minimum atomic E-state index is -4.48. The van der Waals surface area contributed by atoms with Crippen LogP contribution in [0.1, 0.15) is 29.2 Å². The van der Waals surface area contributed by atoms with Gasteiger partial charge in [0.05, 0.1) is 21.0 Å². The van der Waals surface area contributed by atoms with Crippen LogP contribution in [0.5, 0.6) is 0 Å². The number of pyridine rings is 1. The Bertz CT molecular complexity index is 2850. The Morgan fingerprint density at radius 3 is 1.76 bits per heavy atom. The van der Waals surface area contributed by atoms with Gasteiger partial charge in [-0.2, -0.15) is 22.1 Å². The van der Waals surface area contributed by atoms with Crippen molar-refractivity contribution in [3.05, 3.63) is 113 Å². The van der Waals surface area contributed by atoms with Gasteiger partial charge in [-0.3, -0.25) is 13.9 Å². The van der Waals surface area contributed by atoms with Gasteiger partial charge in [0, 0.05) is 35.1 Å².